The van der Waals surface area contributed by atoms with Crippen molar-refractivity contribution in [3.8, 4) is 0 Å². The van der Waals surface area contributed by atoms with Gasteiger partial charge in [0.15, 0.2) is 0 Å². The fourth-order valence-corrected chi connectivity index (χ4v) is 2.63. The van der Waals surface area contributed by atoms with Gasteiger partial charge in [-0.05, 0) is 51.4 Å². The molecule has 0 radical (unpaired) electrons. The number of ether oxygens (including phenoxy) is 1. The number of aliphatic hydroxyl groups is 1. The van der Waals surface area contributed by atoms with E-state index >= 15 is 0 Å². The summed E-state index contributed by atoms with van der Waals surface area (Å²) in [6, 6.07) is 0. The molecule has 96 valence electrons. The standard InChI is InChI=1S/C14H28O2/c1-11(16-10-14(4,5)15)12-7-6-8-13(2,3)9-12/h11-12,15H,6-10H2,1-5H3. The second-order valence-electron chi connectivity index (χ2n) is 6.85. The van der Waals surface area contributed by atoms with E-state index in [0.29, 0.717) is 17.9 Å². The summed E-state index contributed by atoms with van der Waals surface area (Å²) in [5.41, 5.74) is -0.242. The van der Waals surface area contributed by atoms with Crippen LogP contribution in [0.4, 0.5) is 0 Å². The van der Waals surface area contributed by atoms with Gasteiger partial charge in [0, 0.05) is 0 Å². The molecule has 0 aromatic carbocycles. The quantitative estimate of drug-likeness (QED) is 0.799. The van der Waals surface area contributed by atoms with Crippen LogP contribution in [0.5, 0.6) is 0 Å². The van der Waals surface area contributed by atoms with Crippen molar-refractivity contribution < 1.29 is 9.84 Å². The third-order valence-corrected chi connectivity index (χ3v) is 3.61. The van der Waals surface area contributed by atoms with Gasteiger partial charge in [-0.1, -0.05) is 20.3 Å². The molecule has 2 unspecified atom stereocenters. The minimum Gasteiger partial charge on any atom is -0.388 e. The number of hydrogen-bond donors (Lipinski definition) is 1. The zero-order chi connectivity index (χ0) is 12.4. The van der Waals surface area contributed by atoms with Gasteiger partial charge >= 0.3 is 0 Å². The van der Waals surface area contributed by atoms with Gasteiger partial charge in [0.1, 0.15) is 0 Å². The predicted octanol–water partition coefficient (Wildman–Crippen LogP) is 3.38. The molecule has 0 spiro atoms. The molecule has 1 rings (SSSR count). The summed E-state index contributed by atoms with van der Waals surface area (Å²) in [7, 11) is 0. The molecule has 0 saturated heterocycles. The highest BCUT2D eigenvalue weighted by molar-refractivity contribution is 4.82. The second kappa shape index (κ2) is 5.05. The molecule has 1 aliphatic carbocycles. The van der Waals surface area contributed by atoms with Gasteiger partial charge in [-0.25, -0.2) is 0 Å². The summed E-state index contributed by atoms with van der Waals surface area (Å²) in [6.45, 7) is 10.9. The zero-order valence-corrected chi connectivity index (χ0v) is 11.5. The molecule has 0 heterocycles. The molecule has 0 aromatic heterocycles. The molecule has 0 amide bonds. The molecule has 2 nitrogen and oxygen atoms in total. The third-order valence-electron chi connectivity index (χ3n) is 3.61. The van der Waals surface area contributed by atoms with Crippen molar-refractivity contribution in [3.63, 3.8) is 0 Å². The van der Waals surface area contributed by atoms with Crippen LogP contribution in [0, 0.1) is 11.3 Å². The van der Waals surface area contributed by atoms with Crippen molar-refractivity contribution >= 4 is 0 Å². The monoisotopic (exact) mass is 228 g/mol. The van der Waals surface area contributed by atoms with Gasteiger partial charge in [0.05, 0.1) is 18.3 Å². The highest BCUT2D eigenvalue weighted by Gasteiger charge is 2.31. The highest BCUT2D eigenvalue weighted by atomic mass is 16.5. The van der Waals surface area contributed by atoms with E-state index in [9.17, 15) is 5.11 Å². The van der Waals surface area contributed by atoms with Crippen LogP contribution in [0.2, 0.25) is 0 Å². The molecule has 0 bridgehead atoms. The van der Waals surface area contributed by atoms with Gasteiger partial charge < -0.3 is 9.84 Å². The molecule has 0 aromatic rings. The number of rotatable bonds is 4. The van der Waals surface area contributed by atoms with Crippen LogP contribution in [0.3, 0.4) is 0 Å². The fourth-order valence-electron chi connectivity index (χ4n) is 2.63. The molecule has 1 aliphatic rings. The Morgan fingerprint density at radius 3 is 2.56 bits per heavy atom. The van der Waals surface area contributed by atoms with E-state index in [2.05, 4.69) is 20.8 Å². The SMILES string of the molecule is CC(OCC(C)(C)O)C1CCCC(C)(C)C1. The lowest BCUT2D eigenvalue weighted by Gasteiger charge is -2.38. The average Bonchev–Trinajstić information content (AvgIpc) is 2.11. The van der Waals surface area contributed by atoms with Gasteiger partial charge in [-0.2, -0.15) is 0 Å². The summed E-state index contributed by atoms with van der Waals surface area (Å²) in [5, 5.41) is 9.64. The molecular weight excluding hydrogens is 200 g/mol. The molecule has 2 atom stereocenters. The maximum atomic E-state index is 9.64. The number of hydrogen-bond acceptors (Lipinski definition) is 2. The Hall–Kier alpha value is -0.0800. The van der Waals surface area contributed by atoms with E-state index in [1.807, 2.05) is 0 Å². The summed E-state index contributed by atoms with van der Waals surface area (Å²) in [5.74, 6) is 0.658. The van der Waals surface area contributed by atoms with Crippen molar-refractivity contribution in [2.45, 2.75) is 72.0 Å². The lowest BCUT2D eigenvalue weighted by molar-refractivity contribution is -0.0750. The average molecular weight is 228 g/mol. The normalized spacial score (nSPS) is 27.8. The Morgan fingerprint density at radius 2 is 2.06 bits per heavy atom. The van der Waals surface area contributed by atoms with Gasteiger partial charge in [0.25, 0.3) is 0 Å². The summed E-state index contributed by atoms with van der Waals surface area (Å²) in [6.07, 6.45) is 5.44. The summed E-state index contributed by atoms with van der Waals surface area (Å²) < 4.78 is 5.79. The fraction of sp³-hybridized carbons (Fsp3) is 1.00. The highest BCUT2D eigenvalue weighted by Crippen LogP contribution is 2.40. The second-order valence-corrected chi connectivity index (χ2v) is 6.85. The topological polar surface area (TPSA) is 29.5 Å². The molecule has 2 heteroatoms. The van der Waals surface area contributed by atoms with Crippen molar-refractivity contribution in [1.29, 1.82) is 0 Å². The summed E-state index contributed by atoms with van der Waals surface area (Å²) >= 11 is 0. The Morgan fingerprint density at radius 1 is 1.44 bits per heavy atom. The maximum Gasteiger partial charge on any atom is 0.0824 e. The Kier molecular flexibility index (Phi) is 4.42. The minimum absolute atomic E-state index is 0.269. The van der Waals surface area contributed by atoms with E-state index in [0.717, 1.165) is 0 Å². The molecule has 0 aliphatic heterocycles. The minimum atomic E-state index is -0.710. The van der Waals surface area contributed by atoms with Crippen molar-refractivity contribution in [2.24, 2.45) is 11.3 Å². The van der Waals surface area contributed by atoms with Crippen LogP contribution in [0.15, 0.2) is 0 Å². The first-order valence-corrected chi connectivity index (χ1v) is 6.54. The zero-order valence-electron chi connectivity index (χ0n) is 11.5. The van der Waals surface area contributed by atoms with Crippen molar-refractivity contribution in [1.82, 2.24) is 0 Å². The van der Waals surface area contributed by atoms with E-state index in [-0.39, 0.29) is 6.10 Å². The Bertz CT molecular complexity index is 215. The lowest BCUT2D eigenvalue weighted by atomic mass is 9.71. The Balaban J connectivity index is 2.39. The first-order valence-electron chi connectivity index (χ1n) is 6.54. The maximum absolute atomic E-state index is 9.64. The lowest BCUT2D eigenvalue weighted by Crippen LogP contribution is -2.35. The van der Waals surface area contributed by atoms with Crippen LogP contribution in [-0.2, 0) is 4.74 Å². The first kappa shape index (κ1) is 14.0. The van der Waals surface area contributed by atoms with E-state index in [1.54, 1.807) is 13.8 Å². The van der Waals surface area contributed by atoms with Gasteiger partial charge in [-0.15, -0.1) is 0 Å². The molecule has 1 N–H and O–H groups in total. The van der Waals surface area contributed by atoms with Crippen molar-refractivity contribution in [3.05, 3.63) is 0 Å². The van der Waals surface area contributed by atoms with Crippen molar-refractivity contribution in [2.75, 3.05) is 6.61 Å². The van der Waals surface area contributed by atoms with Crippen LogP contribution >= 0.6 is 0 Å². The molecule has 1 fully saturated rings. The van der Waals surface area contributed by atoms with Crippen LogP contribution in [-0.4, -0.2) is 23.4 Å². The molecule has 16 heavy (non-hydrogen) atoms. The van der Waals surface area contributed by atoms with E-state index in [4.69, 9.17) is 4.74 Å². The summed E-state index contributed by atoms with van der Waals surface area (Å²) in [4.78, 5) is 0. The Labute approximate surface area is 100 Å². The third kappa shape index (κ3) is 4.84. The van der Waals surface area contributed by atoms with Crippen LogP contribution < -0.4 is 0 Å². The van der Waals surface area contributed by atoms with Gasteiger partial charge in [-0.3, -0.25) is 0 Å². The smallest absolute Gasteiger partial charge is 0.0824 e. The first-order chi connectivity index (χ1) is 7.20. The van der Waals surface area contributed by atoms with Crippen LogP contribution in [0.1, 0.15) is 60.3 Å². The predicted molar refractivity (Wildman–Crippen MR) is 67.5 cm³/mol. The largest absolute Gasteiger partial charge is 0.388 e. The molecule has 1 saturated carbocycles. The van der Waals surface area contributed by atoms with E-state index in [1.165, 1.54) is 25.7 Å². The van der Waals surface area contributed by atoms with Gasteiger partial charge in [0.2, 0.25) is 0 Å². The molecular formula is C14H28O2. The van der Waals surface area contributed by atoms with Crippen LogP contribution in [0.25, 0.3) is 0 Å². The van der Waals surface area contributed by atoms with E-state index < -0.39 is 5.60 Å².